The highest BCUT2D eigenvalue weighted by Gasteiger charge is 2.39. The van der Waals surface area contributed by atoms with Gasteiger partial charge in [0.25, 0.3) is 0 Å². The van der Waals surface area contributed by atoms with Crippen molar-refractivity contribution in [1.82, 2.24) is 9.80 Å². The standard InChI is InChI=1S/C15H31N3O/c1-3-6-15(4-2,13-16)18-7-5-14(12-18)17-8-10-19-11-9-17/h14H,3-13,16H2,1-2H3. The molecule has 2 unspecified atom stereocenters. The predicted molar refractivity (Wildman–Crippen MR) is 79.4 cm³/mol. The minimum Gasteiger partial charge on any atom is -0.379 e. The molecule has 0 aliphatic carbocycles. The Bertz CT molecular complexity index is 262. The minimum atomic E-state index is 0.246. The van der Waals surface area contributed by atoms with Gasteiger partial charge in [-0.05, 0) is 19.3 Å². The van der Waals surface area contributed by atoms with Gasteiger partial charge in [0.15, 0.2) is 0 Å². The van der Waals surface area contributed by atoms with Gasteiger partial charge in [0.05, 0.1) is 13.2 Å². The SMILES string of the molecule is CCCC(CC)(CN)N1CCC(N2CCOCC2)C1. The highest BCUT2D eigenvalue weighted by Crippen LogP contribution is 2.30. The molecular formula is C15H31N3O. The maximum Gasteiger partial charge on any atom is 0.0594 e. The lowest BCUT2D eigenvalue weighted by molar-refractivity contribution is 0.0139. The number of nitrogens with two attached hydrogens (primary N) is 1. The molecule has 0 radical (unpaired) electrons. The summed E-state index contributed by atoms with van der Waals surface area (Å²) in [4.78, 5) is 5.29. The third-order valence-corrected chi connectivity index (χ3v) is 5.15. The zero-order valence-corrected chi connectivity index (χ0v) is 12.7. The van der Waals surface area contributed by atoms with Gasteiger partial charge in [0.2, 0.25) is 0 Å². The molecule has 19 heavy (non-hydrogen) atoms. The number of morpholine rings is 1. The lowest BCUT2D eigenvalue weighted by Gasteiger charge is -2.41. The molecule has 2 atom stereocenters. The van der Waals surface area contributed by atoms with Crippen LogP contribution in [-0.2, 0) is 4.74 Å². The molecule has 2 saturated heterocycles. The smallest absolute Gasteiger partial charge is 0.0594 e. The van der Waals surface area contributed by atoms with Gasteiger partial charge in [-0.1, -0.05) is 20.3 Å². The topological polar surface area (TPSA) is 41.7 Å². The molecule has 0 bridgehead atoms. The molecule has 2 heterocycles. The van der Waals surface area contributed by atoms with Gasteiger partial charge in [-0.15, -0.1) is 0 Å². The van der Waals surface area contributed by atoms with Gasteiger partial charge in [0.1, 0.15) is 0 Å². The molecule has 0 aromatic rings. The van der Waals surface area contributed by atoms with Gasteiger partial charge < -0.3 is 10.5 Å². The fourth-order valence-corrected chi connectivity index (χ4v) is 3.81. The van der Waals surface area contributed by atoms with Crippen LogP contribution in [0.15, 0.2) is 0 Å². The largest absolute Gasteiger partial charge is 0.379 e. The summed E-state index contributed by atoms with van der Waals surface area (Å²) in [5.74, 6) is 0. The summed E-state index contributed by atoms with van der Waals surface area (Å²) in [5, 5.41) is 0. The molecule has 0 aromatic carbocycles. The van der Waals surface area contributed by atoms with Crippen molar-refractivity contribution in [3.05, 3.63) is 0 Å². The molecule has 2 fully saturated rings. The summed E-state index contributed by atoms with van der Waals surface area (Å²) in [5.41, 5.74) is 6.38. The molecule has 4 nitrogen and oxygen atoms in total. The second-order valence-corrected chi connectivity index (χ2v) is 6.07. The van der Waals surface area contributed by atoms with Crippen LogP contribution >= 0.6 is 0 Å². The zero-order chi connectivity index (χ0) is 13.7. The van der Waals surface area contributed by atoms with Crippen LogP contribution in [-0.4, -0.2) is 67.3 Å². The van der Waals surface area contributed by atoms with E-state index in [1.807, 2.05) is 0 Å². The second-order valence-electron chi connectivity index (χ2n) is 6.07. The van der Waals surface area contributed by atoms with E-state index in [1.165, 1.54) is 38.8 Å². The lowest BCUT2D eigenvalue weighted by atomic mass is 9.89. The van der Waals surface area contributed by atoms with Crippen LogP contribution in [0.2, 0.25) is 0 Å². The van der Waals surface area contributed by atoms with Crippen molar-refractivity contribution in [2.75, 3.05) is 45.9 Å². The normalized spacial score (nSPS) is 29.5. The Morgan fingerprint density at radius 1 is 1.21 bits per heavy atom. The summed E-state index contributed by atoms with van der Waals surface area (Å²) >= 11 is 0. The highest BCUT2D eigenvalue weighted by atomic mass is 16.5. The molecule has 0 spiro atoms. The van der Waals surface area contributed by atoms with E-state index in [9.17, 15) is 0 Å². The fourth-order valence-electron chi connectivity index (χ4n) is 3.81. The van der Waals surface area contributed by atoms with E-state index < -0.39 is 0 Å². The van der Waals surface area contributed by atoms with Crippen molar-refractivity contribution in [1.29, 1.82) is 0 Å². The van der Waals surface area contributed by atoms with E-state index in [-0.39, 0.29) is 5.54 Å². The number of hydrogen-bond donors (Lipinski definition) is 1. The molecule has 0 saturated carbocycles. The Morgan fingerprint density at radius 3 is 2.53 bits per heavy atom. The third kappa shape index (κ3) is 3.30. The Balaban J connectivity index is 1.95. The Hall–Kier alpha value is -0.160. The number of nitrogens with zero attached hydrogens (tertiary/aromatic N) is 2. The average molecular weight is 269 g/mol. The van der Waals surface area contributed by atoms with Crippen LogP contribution in [0.3, 0.4) is 0 Å². The van der Waals surface area contributed by atoms with Crippen LogP contribution in [0.4, 0.5) is 0 Å². The summed E-state index contributed by atoms with van der Waals surface area (Å²) in [6.07, 6.45) is 4.93. The molecule has 2 aliphatic rings. The third-order valence-electron chi connectivity index (χ3n) is 5.15. The average Bonchev–Trinajstić information content (AvgIpc) is 2.96. The summed E-state index contributed by atoms with van der Waals surface area (Å²) in [6, 6.07) is 0.721. The number of rotatable bonds is 6. The van der Waals surface area contributed by atoms with Crippen molar-refractivity contribution >= 4 is 0 Å². The Kier molecular flexibility index (Phi) is 5.63. The van der Waals surface area contributed by atoms with Gasteiger partial charge in [-0.25, -0.2) is 0 Å². The molecule has 112 valence electrons. The van der Waals surface area contributed by atoms with Gasteiger partial charge in [-0.2, -0.15) is 0 Å². The first-order chi connectivity index (χ1) is 9.25. The van der Waals surface area contributed by atoms with Crippen LogP contribution in [0.1, 0.15) is 39.5 Å². The quantitative estimate of drug-likeness (QED) is 0.789. The van der Waals surface area contributed by atoms with Crippen LogP contribution < -0.4 is 5.73 Å². The molecule has 2 N–H and O–H groups in total. The fraction of sp³-hybridized carbons (Fsp3) is 1.00. The molecular weight excluding hydrogens is 238 g/mol. The van der Waals surface area contributed by atoms with Crippen LogP contribution in [0.25, 0.3) is 0 Å². The van der Waals surface area contributed by atoms with Crippen molar-refractivity contribution in [3.63, 3.8) is 0 Å². The molecule has 0 aromatic heterocycles. The second kappa shape index (κ2) is 7.02. The first-order valence-corrected chi connectivity index (χ1v) is 8.02. The van der Waals surface area contributed by atoms with E-state index in [2.05, 4.69) is 23.6 Å². The van der Waals surface area contributed by atoms with Crippen LogP contribution in [0.5, 0.6) is 0 Å². The predicted octanol–water partition coefficient (Wildman–Crippen LogP) is 1.30. The maximum absolute atomic E-state index is 6.13. The highest BCUT2D eigenvalue weighted by molar-refractivity contribution is 4.97. The molecule has 2 rings (SSSR count). The number of ether oxygens (including phenoxy) is 1. The zero-order valence-electron chi connectivity index (χ0n) is 12.7. The van der Waals surface area contributed by atoms with Crippen molar-refractivity contribution in [2.45, 2.75) is 51.1 Å². The van der Waals surface area contributed by atoms with Crippen molar-refractivity contribution in [2.24, 2.45) is 5.73 Å². The number of likely N-dealkylation sites (tertiary alicyclic amines) is 1. The molecule has 4 heteroatoms. The van der Waals surface area contributed by atoms with E-state index in [4.69, 9.17) is 10.5 Å². The van der Waals surface area contributed by atoms with Crippen molar-refractivity contribution in [3.8, 4) is 0 Å². The van der Waals surface area contributed by atoms with E-state index in [1.54, 1.807) is 0 Å². The molecule has 0 amide bonds. The summed E-state index contributed by atoms with van der Waals surface area (Å²) in [7, 11) is 0. The Morgan fingerprint density at radius 2 is 1.95 bits per heavy atom. The first-order valence-electron chi connectivity index (χ1n) is 8.02. The van der Waals surface area contributed by atoms with E-state index in [0.29, 0.717) is 0 Å². The van der Waals surface area contributed by atoms with Crippen molar-refractivity contribution < 1.29 is 4.74 Å². The number of hydrogen-bond acceptors (Lipinski definition) is 4. The van der Waals surface area contributed by atoms with Crippen LogP contribution in [0, 0.1) is 0 Å². The first kappa shape index (κ1) is 15.2. The monoisotopic (exact) mass is 269 g/mol. The maximum atomic E-state index is 6.13. The summed E-state index contributed by atoms with van der Waals surface area (Å²) in [6.45, 7) is 11.8. The summed E-state index contributed by atoms with van der Waals surface area (Å²) < 4.78 is 5.46. The Labute approximate surface area is 118 Å². The van der Waals surface area contributed by atoms with E-state index >= 15 is 0 Å². The minimum absolute atomic E-state index is 0.246. The molecule has 2 aliphatic heterocycles. The van der Waals surface area contributed by atoms with Gasteiger partial charge in [-0.3, -0.25) is 9.80 Å². The lowest BCUT2D eigenvalue weighted by Crippen LogP contribution is -2.54. The van der Waals surface area contributed by atoms with Gasteiger partial charge >= 0.3 is 0 Å². The van der Waals surface area contributed by atoms with E-state index in [0.717, 1.165) is 38.9 Å². The van der Waals surface area contributed by atoms with Gasteiger partial charge in [0, 0.05) is 44.3 Å².